The van der Waals surface area contributed by atoms with Crippen LogP contribution in [-0.4, -0.2) is 22.6 Å². The van der Waals surface area contributed by atoms with Crippen molar-refractivity contribution in [2.45, 2.75) is 38.6 Å². The van der Waals surface area contributed by atoms with Crippen molar-refractivity contribution in [3.63, 3.8) is 0 Å². The lowest BCUT2D eigenvalue weighted by molar-refractivity contribution is 0.546. The number of imidazole rings is 1. The van der Waals surface area contributed by atoms with Gasteiger partial charge in [0, 0.05) is 19.6 Å². The highest BCUT2D eigenvalue weighted by molar-refractivity contribution is 5.82. The molecule has 0 radical (unpaired) electrons. The third-order valence-corrected chi connectivity index (χ3v) is 4.30. The van der Waals surface area contributed by atoms with Crippen LogP contribution in [-0.2, 0) is 13.0 Å². The first-order valence-corrected chi connectivity index (χ1v) is 7.16. The first-order valence-electron chi connectivity index (χ1n) is 7.16. The van der Waals surface area contributed by atoms with Crippen LogP contribution in [0.3, 0.4) is 0 Å². The molecule has 94 valence electrons. The maximum atomic E-state index is 4.90. The molecule has 1 saturated heterocycles. The molecule has 3 heterocycles. The summed E-state index contributed by atoms with van der Waals surface area (Å²) in [6.07, 6.45) is 6.47. The Morgan fingerprint density at radius 1 is 0.944 bits per heavy atom. The lowest BCUT2D eigenvalue weighted by atomic mass is 10.0. The highest BCUT2D eigenvalue weighted by Gasteiger charge is 2.22. The largest absolute Gasteiger partial charge is 0.342 e. The van der Waals surface area contributed by atoms with Crippen LogP contribution in [0.2, 0.25) is 0 Å². The molecule has 0 atom stereocenters. The van der Waals surface area contributed by atoms with Gasteiger partial charge in [0.2, 0.25) is 5.95 Å². The number of piperidine rings is 1. The van der Waals surface area contributed by atoms with Gasteiger partial charge in [-0.05, 0) is 43.7 Å². The zero-order chi connectivity index (χ0) is 11.9. The summed E-state index contributed by atoms with van der Waals surface area (Å²) >= 11 is 0. The summed E-state index contributed by atoms with van der Waals surface area (Å²) in [6, 6.07) is 6.58. The smallest absolute Gasteiger partial charge is 0.206 e. The number of rotatable bonds is 1. The summed E-state index contributed by atoms with van der Waals surface area (Å²) < 4.78 is 2.46. The molecule has 18 heavy (non-hydrogen) atoms. The van der Waals surface area contributed by atoms with Crippen molar-refractivity contribution in [2.75, 3.05) is 18.0 Å². The number of hydrogen-bond acceptors (Lipinski definition) is 2. The van der Waals surface area contributed by atoms with Gasteiger partial charge in [0.1, 0.15) is 0 Å². The van der Waals surface area contributed by atoms with Gasteiger partial charge in [0.25, 0.3) is 0 Å². The molecule has 1 aromatic heterocycles. The maximum Gasteiger partial charge on any atom is 0.206 e. The zero-order valence-corrected chi connectivity index (χ0v) is 10.7. The topological polar surface area (TPSA) is 21.1 Å². The minimum Gasteiger partial charge on any atom is -0.342 e. The van der Waals surface area contributed by atoms with Crippen LogP contribution in [0.1, 0.15) is 31.2 Å². The Labute approximate surface area is 107 Å². The Kier molecular flexibility index (Phi) is 2.32. The number of anilines is 1. The second-order valence-electron chi connectivity index (χ2n) is 5.50. The van der Waals surface area contributed by atoms with Gasteiger partial charge in [-0.15, -0.1) is 0 Å². The highest BCUT2D eigenvalue weighted by Crippen LogP contribution is 2.31. The molecule has 0 unspecified atom stereocenters. The average molecular weight is 241 g/mol. The molecule has 2 aromatic rings. The first-order chi connectivity index (χ1) is 8.93. The van der Waals surface area contributed by atoms with Crippen LogP contribution in [0.5, 0.6) is 0 Å². The normalized spacial score (nSPS) is 19.4. The van der Waals surface area contributed by atoms with E-state index in [2.05, 4.69) is 27.7 Å². The van der Waals surface area contributed by atoms with E-state index in [1.54, 1.807) is 0 Å². The van der Waals surface area contributed by atoms with E-state index in [4.69, 9.17) is 4.98 Å². The molecule has 1 aromatic carbocycles. The van der Waals surface area contributed by atoms with E-state index < -0.39 is 0 Å². The van der Waals surface area contributed by atoms with Crippen LogP contribution < -0.4 is 4.90 Å². The van der Waals surface area contributed by atoms with Crippen molar-refractivity contribution in [1.29, 1.82) is 0 Å². The molecule has 0 saturated carbocycles. The van der Waals surface area contributed by atoms with Crippen LogP contribution in [0, 0.1) is 0 Å². The van der Waals surface area contributed by atoms with Crippen LogP contribution in [0.4, 0.5) is 5.95 Å². The Morgan fingerprint density at radius 2 is 1.83 bits per heavy atom. The van der Waals surface area contributed by atoms with Gasteiger partial charge in [0.15, 0.2) is 0 Å². The molecule has 0 spiro atoms. The minimum absolute atomic E-state index is 1.14. The predicted octanol–water partition coefficient (Wildman–Crippen LogP) is 2.97. The average Bonchev–Trinajstić information content (AvgIpc) is 2.82. The van der Waals surface area contributed by atoms with E-state index in [-0.39, 0.29) is 0 Å². The second kappa shape index (κ2) is 4.01. The Bertz CT molecular complexity index is 579. The standard InChI is InChI=1S/C15H19N3/c1-2-9-17(10-3-1)15-16-13-8-4-6-12-7-5-11-18(15)14(12)13/h4,6,8H,1-3,5,7,9-11H2. The van der Waals surface area contributed by atoms with Gasteiger partial charge < -0.3 is 9.47 Å². The number of para-hydroxylation sites is 1. The third kappa shape index (κ3) is 1.46. The van der Waals surface area contributed by atoms with Gasteiger partial charge in [-0.2, -0.15) is 0 Å². The fourth-order valence-corrected chi connectivity index (χ4v) is 3.42. The molecular weight excluding hydrogens is 222 g/mol. The first kappa shape index (κ1) is 10.4. The molecule has 0 N–H and O–H groups in total. The van der Waals surface area contributed by atoms with E-state index in [0.717, 1.165) is 6.54 Å². The minimum atomic E-state index is 1.14. The van der Waals surface area contributed by atoms with Gasteiger partial charge in [-0.1, -0.05) is 12.1 Å². The summed E-state index contributed by atoms with van der Waals surface area (Å²) in [4.78, 5) is 7.38. The Morgan fingerprint density at radius 3 is 2.72 bits per heavy atom. The lowest BCUT2D eigenvalue weighted by Crippen LogP contribution is -2.32. The molecule has 2 aliphatic heterocycles. The third-order valence-electron chi connectivity index (χ3n) is 4.30. The SMILES string of the molecule is c1cc2c3c(c1)nc(N1CCCCC1)n3CCC2. The molecule has 2 aliphatic rings. The van der Waals surface area contributed by atoms with Gasteiger partial charge in [-0.25, -0.2) is 4.98 Å². The number of aromatic nitrogens is 2. The van der Waals surface area contributed by atoms with Crippen LogP contribution in [0.15, 0.2) is 18.2 Å². The second-order valence-corrected chi connectivity index (χ2v) is 5.50. The predicted molar refractivity (Wildman–Crippen MR) is 74.1 cm³/mol. The van der Waals surface area contributed by atoms with Crippen molar-refractivity contribution in [3.05, 3.63) is 23.8 Å². The summed E-state index contributed by atoms with van der Waals surface area (Å²) in [5.74, 6) is 1.22. The highest BCUT2D eigenvalue weighted by atomic mass is 15.3. The van der Waals surface area contributed by atoms with Crippen molar-refractivity contribution >= 4 is 17.0 Å². The molecule has 0 bridgehead atoms. The summed E-state index contributed by atoms with van der Waals surface area (Å²) in [7, 11) is 0. The molecule has 1 fully saturated rings. The lowest BCUT2D eigenvalue weighted by Gasteiger charge is -2.29. The quantitative estimate of drug-likeness (QED) is 0.765. The number of benzene rings is 1. The van der Waals surface area contributed by atoms with E-state index >= 15 is 0 Å². The molecule has 3 nitrogen and oxygen atoms in total. The van der Waals surface area contributed by atoms with E-state index in [1.165, 1.54) is 67.7 Å². The fourth-order valence-electron chi connectivity index (χ4n) is 3.42. The summed E-state index contributed by atoms with van der Waals surface area (Å²) in [5, 5.41) is 0. The maximum absolute atomic E-state index is 4.90. The zero-order valence-electron chi connectivity index (χ0n) is 10.7. The van der Waals surface area contributed by atoms with E-state index in [0.29, 0.717) is 0 Å². The van der Waals surface area contributed by atoms with Crippen molar-refractivity contribution in [1.82, 2.24) is 9.55 Å². The van der Waals surface area contributed by atoms with Gasteiger partial charge in [0.05, 0.1) is 11.0 Å². The number of hydrogen-bond donors (Lipinski definition) is 0. The fraction of sp³-hybridized carbons (Fsp3) is 0.533. The summed E-state index contributed by atoms with van der Waals surface area (Å²) in [6.45, 7) is 3.50. The molecular formula is C15H19N3. The Balaban J connectivity index is 1.88. The van der Waals surface area contributed by atoms with Crippen molar-refractivity contribution in [3.8, 4) is 0 Å². The molecule has 4 rings (SSSR count). The monoisotopic (exact) mass is 241 g/mol. The number of nitrogens with zero attached hydrogens (tertiary/aromatic N) is 3. The van der Waals surface area contributed by atoms with E-state index in [9.17, 15) is 0 Å². The Hall–Kier alpha value is -1.51. The van der Waals surface area contributed by atoms with E-state index in [1.807, 2.05) is 0 Å². The van der Waals surface area contributed by atoms with Crippen LogP contribution >= 0.6 is 0 Å². The van der Waals surface area contributed by atoms with Crippen molar-refractivity contribution in [2.24, 2.45) is 0 Å². The van der Waals surface area contributed by atoms with Gasteiger partial charge in [-0.3, -0.25) is 0 Å². The molecule has 0 aliphatic carbocycles. The number of aryl methyl sites for hydroxylation is 2. The van der Waals surface area contributed by atoms with Gasteiger partial charge >= 0.3 is 0 Å². The summed E-state index contributed by atoms with van der Waals surface area (Å²) in [5.41, 5.74) is 4.06. The van der Waals surface area contributed by atoms with Crippen molar-refractivity contribution < 1.29 is 0 Å². The molecule has 0 amide bonds. The molecule has 3 heteroatoms. The van der Waals surface area contributed by atoms with Crippen LogP contribution in [0.25, 0.3) is 11.0 Å².